The minimum Gasteiger partial charge on any atom is -0.493 e. The summed E-state index contributed by atoms with van der Waals surface area (Å²) >= 11 is 0. The summed E-state index contributed by atoms with van der Waals surface area (Å²) in [5, 5.41) is 0. The van der Waals surface area contributed by atoms with Gasteiger partial charge in [0.15, 0.2) is 5.78 Å². The van der Waals surface area contributed by atoms with Gasteiger partial charge in [-0.05, 0) is 41.7 Å². The summed E-state index contributed by atoms with van der Waals surface area (Å²) in [6.07, 6.45) is 0. The van der Waals surface area contributed by atoms with Crippen LogP contribution >= 0.6 is 0 Å². The number of ether oxygens (including phenoxy) is 1. The monoisotopic (exact) mass is 325 g/mol. The van der Waals surface area contributed by atoms with Gasteiger partial charge in [0.25, 0.3) is 0 Å². The minimum atomic E-state index is -0.120. The van der Waals surface area contributed by atoms with E-state index in [4.69, 9.17) is 10.5 Å². The van der Waals surface area contributed by atoms with E-state index in [2.05, 4.69) is 34.6 Å². The standard InChI is InChI=1S/C21H27NO2/c1-14(2)13-24-19-11-10-15(12-17(19)21(3,4)5)20(23)16-8-6-7-9-18(16)22/h6-12,14H,13,22H2,1-5H3. The van der Waals surface area contributed by atoms with Gasteiger partial charge in [0, 0.05) is 22.4 Å². The highest BCUT2D eigenvalue weighted by Gasteiger charge is 2.22. The Kier molecular flexibility index (Phi) is 5.33. The molecule has 0 aromatic heterocycles. The largest absolute Gasteiger partial charge is 0.493 e. The molecule has 0 heterocycles. The van der Waals surface area contributed by atoms with Crippen molar-refractivity contribution in [3.63, 3.8) is 0 Å². The summed E-state index contributed by atoms with van der Waals surface area (Å²) in [7, 11) is 0. The molecule has 0 aliphatic rings. The molecule has 128 valence electrons. The van der Waals surface area contributed by atoms with E-state index in [0.29, 0.717) is 29.3 Å². The van der Waals surface area contributed by atoms with Crippen LogP contribution in [0.25, 0.3) is 0 Å². The van der Waals surface area contributed by atoms with E-state index >= 15 is 0 Å². The van der Waals surface area contributed by atoms with Gasteiger partial charge in [0.05, 0.1) is 6.61 Å². The van der Waals surface area contributed by atoms with Crippen molar-refractivity contribution in [3.05, 3.63) is 59.2 Å². The maximum atomic E-state index is 12.8. The Labute approximate surface area is 144 Å². The Morgan fingerprint density at radius 1 is 1.12 bits per heavy atom. The molecule has 24 heavy (non-hydrogen) atoms. The van der Waals surface area contributed by atoms with E-state index in [1.54, 1.807) is 12.1 Å². The second kappa shape index (κ2) is 7.08. The van der Waals surface area contributed by atoms with Crippen molar-refractivity contribution in [3.8, 4) is 5.75 Å². The van der Waals surface area contributed by atoms with Crippen molar-refractivity contribution in [2.45, 2.75) is 40.0 Å². The van der Waals surface area contributed by atoms with E-state index in [-0.39, 0.29) is 11.2 Å². The number of nitrogens with two attached hydrogens (primary N) is 1. The number of hydrogen-bond acceptors (Lipinski definition) is 3. The minimum absolute atomic E-state index is 0.0611. The van der Waals surface area contributed by atoms with E-state index in [1.165, 1.54) is 0 Å². The molecule has 3 heteroatoms. The third kappa shape index (κ3) is 4.16. The van der Waals surface area contributed by atoms with Crippen molar-refractivity contribution in [1.82, 2.24) is 0 Å². The van der Waals surface area contributed by atoms with Gasteiger partial charge < -0.3 is 10.5 Å². The smallest absolute Gasteiger partial charge is 0.195 e. The fraction of sp³-hybridized carbons (Fsp3) is 0.381. The predicted octanol–water partition coefficient (Wildman–Crippen LogP) is 4.83. The average molecular weight is 325 g/mol. The molecule has 0 atom stereocenters. The zero-order valence-electron chi connectivity index (χ0n) is 15.2. The third-order valence-corrected chi connectivity index (χ3v) is 3.83. The highest BCUT2D eigenvalue weighted by molar-refractivity contribution is 6.12. The van der Waals surface area contributed by atoms with Crippen molar-refractivity contribution in [1.29, 1.82) is 0 Å². The number of ketones is 1. The predicted molar refractivity (Wildman–Crippen MR) is 99.8 cm³/mol. The molecule has 0 saturated heterocycles. The molecule has 0 unspecified atom stereocenters. The van der Waals surface area contributed by atoms with Crippen LogP contribution in [0.4, 0.5) is 5.69 Å². The molecule has 0 bridgehead atoms. The second-order valence-electron chi connectivity index (χ2n) is 7.58. The topological polar surface area (TPSA) is 52.3 Å². The summed E-state index contributed by atoms with van der Waals surface area (Å²) in [6, 6.07) is 12.8. The number of rotatable bonds is 5. The van der Waals surface area contributed by atoms with Crippen LogP contribution in [0.3, 0.4) is 0 Å². The Bertz CT molecular complexity index is 727. The molecule has 2 aromatic rings. The zero-order chi connectivity index (χ0) is 17.9. The van der Waals surface area contributed by atoms with Gasteiger partial charge in [-0.2, -0.15) is 0 Å². The first-order valence-corrected chi connectivity index (χ1v) is 8.36. The highest BCUT2D eigenvalue weighted by atomic mass is 16.5. The number of carbonyl (C=O) groups is 1. The lowest BCUT2D eigenvalue weighted by atomic mass is 9.84. The van der Waals surface area contributed by atoms with Gasteiger partial charge in [0.2, 0.25) is 0 Å². The van der Waals surface area contributed by atoms with Gasteiger partial charge in [-0.1, -0.05) is 46.8 Å². The SMILES string of the molecule is CC(C)COc1ccc(C(=O)c2ccccc2N)cc1C(C)(C)C. The molecule has 0 spiro atoms. The second-order valence-corrected chi connectivity index (χ2v) is 7.58. The van der Waals surface area contributed by atoms with Crippen molar-refractivity contribution in [2.24, 2.45) is 5.92 Å². The van der Waals surface area contributed by atoms with Crippen LogP contribution in [0.1, 0.15) is 56.1 Å². The van der Waals surface area contributed by atoms with E-state index < -0.39 is 0 Å². The van der Waals surface area contributed by atoms with Gasteiger partial charge >= 0.3 is 0 Å². The van der Waals surface area contributed by atoms with Gasteiger partial charge in [-0.3, -0.25) is 4.79 Å². The maximum Gasteiger partial charge on any atom is 0.195 e. The van der Waals surface area contributed by atoms with Crippen LogP contribution in [0, 0.1) is 5.92 Å². The number of para-hydroxylation sites is 1. The first-order valence-electron chi connectivity index (χ1n) is 8.36. The van der Waals surface area contributed by atoms with Gasteiger partial charge in [0.1, 0.15) is 5.75 Å². The van der Waals surface area contributed by atoms with E-state index in [9.17, 15) is 4.79 Å². The van der Waals surface area contributed by atoms with Gasteiger partial charge in [-0.15, -0.1) is 0 Å². The Balaban J connectivity index is 2.43. The van der Waals surface area contributed by atoms with Crippen molar-refractivity contribution >= 4 is 11.5 Å². The zero-order valence-corrected chi connectivity index (χ0v) is 15.2. The first kappa shape index (κ1) is 18.1. The first-order chi connectivity index (χ1) is 11.2. The summed E-state index contributed by atoms with van der Waals surface area (Å²) in [6.45, 7) is 11.3. The molecule has 2 N–H and O–H groups in total. The average Bonchev–Trinajstić information content (AvgIpc) is 2.51. The molecule has 0 amide bonds. The van der Waals surface area contributed by atoms with Gasteiger partial charge in [-0.25, -0.2) is 0 Å². The molecule has 0 saturated carbocycles. The van der Waals surface area contributed by atoms with Crippen molar-refractivity contribution < 1.29 is 9.53 Å². The van der Waals surface area contributed by atoms with Crippen LogP contribution in [0.5, 0.6) is 5.75 Å². The van der Waals surface area contributed by atoms with Crippen LogP contribution in [-0.2, 0) is 5.41 Å². The fourth-order valence-corrected chi connectivity index (χ4v) is 2.50. The molecule has 3 nitrogen and oxygen atoms in total. The van der Waals surface area contributed by atoms with E-state index in [1.807, 2.05) is 30.3 Å². The molecule has 0 aliphatic heterocycles. The van der Waals surface area contributed by atoms with Crippen LogP contribution in [0.2, 0.25) is 0 Å². The maximum absolute atomic E-state index is 12.8. The van der Waals surface area contributed by atoms with Crippen LogP contribution in [-0.4, -0.2) is 12.4 Å². The Morgan fingerprint density at radius 2 is 1.79 bits per heavy atom. The molecular formula is C21H27NO2. The lowest BCUT2D eigenvalue weighted by Crippen LogP contribution is -2.16. The Hall–Kier alpha value is -2.29. The normalized spacial score (nSPS) is 11.6. The number of carbonyl (C=O) groups excluding carboxylic acids is 1. The Morgan fingerprint density at radius 3 is 2.38 bits per heavy atom. The summed E-state index contributed by atoms with van der Waals surface area (Å²) in [5.41, 5.74) is 8.53. The molecular weight excluding hydrogens is 298 g/mol. The summed E-state index contributed by atoms with van der Waals surface area (Å²) in [5.74, 6) is 1.23. The number of hydrogen-bond donors (Lipinski definition) is 1. The quantitative estimate of drug-likeness (QED) is 0.632. The third-order valence-electron chi connectivity index (χ3n) is 3.83. The fourth-order valence-electron chi connectivity index (χ4n) is 2.50. The summed E-state index contributed by atoms with van der Waals surface area (Å²) < 4.78 is 5.95. The molecule has 0 aliphatic carbocycles. The number of benzene rings is 2. The number of anilines is 1. The highest BCUT2D eigenvalue weighted by Crippen LogP contribution is 2.33. The lowest BCUT2D eigenvalue weighted by molar-refractivity contribution is 0.103. The summed E-state index contributed by atoms with van der Waals surface area (Å²) in [4.78, 5) is 12.8. The molecule has 2 rings (SSSR count). The van der Waals surface area contributed by atoms with Crippen molar-refractivity contribution in [2.75, 3.05) is 12.3 Å². The number of nitrogen functional groups attached to an aromatic ring is 1. The molecule has 0 radical (unpaired) electrons. The molecule has 0 fully saturated rings. The van der Waals surface area contributed by atoms with Crippen LogP contribution in [0.15, 0.2) is 42.5 Å². The molecule has 2 aromatic carbocycles. The van der Waals surface area contributed by atoms with Crippen LogP contribution < -0.4 is 10.5 Å². The van der Waals surface area contributed by atoms with E-state index in [0.717, 1.165) is 11.3 Å². The lowest BCUT2D eigenvalue weighted by Gasteiger charge is -2.24.